The van der Waals surface area contributed by atoms with Crippen LogP contribution in [0.2, 0.25) is 10.2 Å². The van der Waals surface area contributed by atoms with E-state index in [2.05, 4.69) is 4.98 Å². The third-order valence-electron chi connectivity index (χ3n) is 1.64. The zero-order chi connectivity index (χ0) is 14.1. The van der Waals surface area contributed by atoms with E-state index in [1.54, 1.807) is 0 Å². The van der Waals surface area contributed by atoms with Crippen molar-refractivity contribution < 1.29 is 27.9 Å². The highest BCUT2D eigenvalue weighted by molar-refractivity contribution is 6.36. The number of nitrogens with one attached hydrogen (secondary N) is 1. The first-order valence-electron chi connectivity index (χ1n) is 4.10. The van der Waals surface area contributed by atoms with Crippen LogP contribution >= 0.6 is 23.2 Å². The number of nitrogens with zero attached hydrogens (tertiary/aromatic N) is 1. The van der Waals surface area contributed by atoms with Gasteiger partial charge in [0.25, 0.3) is 0 Å². The molecule has 0 unspecified atom stereocenters. The summed E-state index contributed by atoms with van der Waals surface area (Å²) in [6.07, 6.45) is -5.19. The molecule has 0 spiro atoms. The minimum absolute atomic E-state index is 0.359. The Hall–Kier alpha value is -1.54. The average molecular weight is 303 g/mol. The van der Waals surface area contributed by atoms with Crippen LogP contribution in [0.3, 0.4) is 0 Å². The predicted octanol–water partition coefficient (Wildman–Crippen LogP) is 2.59. The summed E-state index contributed by atoms with van der Waals surface area (Å²) < 4.78 is 36.0. The standard InChI is InChI=1S/C8H3Cl2F3N2O3/c9-2-1-3(10)14-5(4(2)6(16)17)15-7(18)8(11,12)13/h1H,(H,16,17)(H,14,15,18). The molecule has 1 heterocycles. The molecule has 1 amide bonds. The van der Waals surface area contributed by atoms with Crippen molar-refractivity contribution in [3.05, 3.63) is 21.8 Å². The van der Waals surface area contributed by atoms with Crippen molar-refractivity contribution in [3.63, 3.8) is 0 Å². The summed E-state index contributed by atoms with van der Waals surface area (Å²) >= 11 is 10.9. The van der Waals surface area contributed by atoms with E-state index < -0.39 is 34.5 Å². The summed E-state index contributed by atoms with van der Waals surface area (Å²) in [4.78, 5) is 24.7. The van der Waals surface area contributed by atoms with Crippen molar-refractivity contribution in [3.8, 4) is 0 Å². The minimum Gasteiger partial charge on any atom is -0.478 e. The first-order chi connectivity index (χ1) is 8.12. The molecular weight excluding hydrogens is 300 g/mol. The van der Waals surface area contributed by atoms with Gasteiger partial charge in [-0.25, -0.2) is 9.78 Å². The van der Waals surface area contributed by atoms with E-state index in [0.717, 1.165) is 6.07 Å². The molecule has 1 rings (SSSR count). The van der Waals surface area contributed by atoms with Gasteiger partial charge in [0.2, 0.25) is 0 Å². The van der Waals surface area contributed by atoms with Crippen LogP contribution < -0.4 is 5.32 Å². The fourth-order valence-corrected chi connectivity index (χ4v) is 1.48. The lowest BCUT2D eigenvalue weighted by Gasteiger charge is -2.10. The fraction of sp³-hybridized carbons (Fsp3) is 0.125. The number of halogens is 5. The molecule has 0 saturated heterocycles. The van der Waals surface area contributed by atoms with Gasteiger partial charge in [-0.3, -0.25) is 4.79 Å². The molecule has 5 nitrogen and oxygen atoms in total. The summed E-state index contributed by atoms with van der Waals surface area (Å²) in [6.45, 7) is 0. The number of carbonyl (C=O) groups excluding carboxylic acids is 1. The highest BCUT2D eigenvalue weighted by Crippen LogP contribution is 2.27. The van der Waals surface area contributed by atoms with Gasteiger partial charge >= 0.3 is 18.1 Å². The SMILES string of the molecule is O=C(O)c1c(Cl)cc(Cl)nc1NC(=O)C(F)(F)F. The van der Waals surface area contributed by atoms with Gasteiger partial charge in [-0.1, -0.05) is 23.2 Å². The van der Waals surface area contributed by atoms with Gasteiger partial charge in [-0.2, -0.15) is 13.2 Å². The number of anilines is 1. The van der Waals surface area contributed by atoms with Crippen LogP contribution in [0.5, 0.6) is 0 Å². The number of alkyl halides is 3. The third-order valence-corrected chi connectivity index (χ3v) is 2.14. The molecular formula is C8H3Cl2F3N2O3. The maximum absolute atomic E-state index is 12.0. The van der Waals surface area contributed by atoms with Crippen molar-refractivity contribution in [1.29, 1.82) is 0 Å². The van der Waals surface area contributed by atoms with Crippen molar-refractivity contribution in [2.24, 2.45) is 0 Å². The molecule has 1 aromatic heterocycles. The van der Waals surface area contributed by atoms with E-state index in [9.17, 15) is 22.8 Å². The van der Waals surface area contributed by atoms with Crippen LogP contribution in [0.1, 0.15) is 10.4 Å². The Bertz CT molecular complexity index is 519. The molecule has 0 aliphatic heterocycles. The molecule has 0 fully saturated rings. The minimum atomic E-state index is -5.19. The summed E-state index contributed by atoms with van der Waals surface area (Å²) in [5, 5.41) is 9.24. The maximum Gasteiger partial charge on any atom is 0.471 e. The van der Waals surface area contributed by atoms with Gasteiger partial charge < -0.3 is 10.4 Å². The number of aromatic carboxylic acids is 1. The molecule has 1 aromatic rings. The zero-order valence-corrected chi connectivity index (χ0v) is 9.69. The quantitative estimate of drug-likeness (QED) is 0.823. The Morgan fingerprint density at radius 1 is 1.33 bits per heavy atom. The summed E-state index contributed by atoms with van der Waals surface area (Å²) in [6, 6.07) is 0.926. The Kier molecular flexibility index (Phi) is 4.02. The van der Waals surface area contributed by atoms with Crippen LogP contribution in [0.25, 0.3) is 0 Å². The molecule has 0 aromatic carbocycles. The normalized spacial score (nSPS) is 11.2. The lowest BCUT2D eigenvalue weighted by Crippen LogP contribution is -2.31. The maximum atomic E-state index is 12.0. The number of hydrogen-bond acceptors (Lipinski definition) is 3. The van der Waals surface area contributed by atoms with E-state index in [4.69, 9.17) is 28.3 Å². The second kappa shape index (κ2) is 4.99. The molecule has 10 heteroatoms. The number of carboxylic acids is 1. The number of hydrogen-bond donors (Lipinski definition) is 2. The van der Waals surface area contributed by atoms with Crippen molar-refractivity contribution >= 4 is 40.9 Å². The number of pyridine rings is 1. The second-order valence-corrected chi connectivity index (χ2v) is 3.70. The van der Waals surface area contributed by atoms with Crippen molar-refractivity contribution in [1.82, 2.24) is 4.98 Å². The fourth-order valence-electron chi connectivity index (χ4n) is 0.957. The van der Waals surface area contributed by atoms with Gasteiger partial charge in [-0.15, -0.1) is 0 Å². The summed E-state index contributed by atoms with van der Waals surface area (Å²) in [7, 11) is 0. The number of carboxylic acid groups (broad SMARTS) is 1. The molecule has 0 atom stereocenters. The van der Waals surface area contributed by atoms with Crippen LogP contribution in [0.4, 0.5) is 19.0 Å². The predicted molar refractivity (Wildman–Crippen MR) is 55.9 cm³/mol. The first kappa shape index (κ1) is 14.5. The summed E-state index contributed by atoms with van der Waals surface area (Å²) in [5.41, 5.74) is -0.779. The molecule has 2 N–H and O–H groups in total. The molecule has 0 saturated carbocycles. The molecule has 0 aliphatic carbocycles. The van der Waals surface area contributed by atoms with Gasteiger partial charge in [-0.05, 0) is 6.07 Å². The van der Waals surface area contributed by atoms with Crippen LogP contribution in [0, 0.1) is 0 Å². The van der Waals surface area contributed by atoms with Crippen molar-refractivity contribution in [2.45, 2.75) is 6.18 Å². The van der Waals surface area contributed by atoms with Crippen LogP contribution in [-0.2, 0) is 4.79 Å². The third kappa shape index (κ3) is 3.23. The van der Waals surface area contributed by atoms with E-state index in [-0.39, 0.29) is 5.15 Å². The monoisotopic (exact) mass is 302 g/mol. The molecule has 98 valence electrons. The Morgan fingerprint density at radius 2 is 1.89 bits per heavy atom. The number of amides is 1. The first-order valence-corrected chi connectivity index (χ1v) is 4.86. The summed E-state index contributed by atoms with van der Waals surface area (Å²) in [5.74, 6) is -4.90. The number of aromatic nitrogens is 1. The topological polar surface area (TPSA) is 79.3 Å². The molecule has 0 aliphatic rings. The smallest absolute Gasteiger partial charge is 0.471 e. The van der Waals surface area contributed by atoms with Gasteiger partial charge in [0.15, 0.2) is 5.82 Å². The Balaban J connectivity index is 3.24. The Labute approximate surface area is 108 Å². The van der Waals surface area contributed by atoms with E-state index in [1.807, 2.05) is 0 Å². The number of rotatable bonds is 2. The zero-order valence-electron chi connectivity index (χ0n) is 8.18. The highest BCUT2D eigenvalue weighted by Gasteiger charge is 2.39. The lowest BCUT2D eigenvalue weighted by atomic mass is 10.2. The van der Waals surface area contributed by atoms with Crippen LogP contribution in [-0.4, -0.2) is 28.1 Å². The van der Waals surface area contributed by atoms with Crippen molar-refractivity contribution in [2.75, 3.05) is 5.32 Å². The van der Waals surface area contributed by atoms with E-state index in [0.29, 0.717) is 0 Å². The van der Waals surface area contributed by atoms with E-state index in [1.165, 1.54) is 5.32 Å². The molecule has 18 heavy (non-hydrogen) atoms. The Morgan fingerprint density at radius 3 is 2.33 bits per heavy atom. The second-order valence-electron chi connectivity index (χ2n) is 2.91. The van der Waals surface area contributed by atoms with E-state index >= 15 is 0 Å². The lowest BCUT2D eigenvalue weighted by molar-refractivity contribution is -0.167. The average Bonchev–Trinajstić information content (AvgIpc) is 2.13. The van der Waals surface area contributed by atoms with Gasteiger partial charge in [0.1, 0.15) is 10.7 Å². The van der Waals surface area contributed by atoms with Crippen LogP contribution in [0.15, 0.2) is 6.07 Å². The van der Waals surface area contributed by atoms with Gasteiger partial charge in [0.05, 0.1) is 5.02 Å². The number of carbonyl (C=O) groups is 2. The largest absolute Gasteiger partial charge is 0.478 e. The molecule has 0 radical (unpaired) electrons. The molecule has 0 bridgehead atoms. The van der Waals surface area contributed by atoms with Gasteiger partial charge in [0, 0.05) is 0 Å². The highest BCUT2D eigenvalue weighted by atomic mass is 35.5.